The van der Waals surface area contributed by atoms with Crippen LogP contribution in [0.15, 0.2) is 60.9 Å². The number of nitrogens with one attached hydrogen (secondary N) is 2. The van der Waals surface area contributed by atoms with Crippen molar-refractivity contribution >= 4 is 93.8 Å². The Bertz CT molecular complexity index is 1490. The third-order valence-electron chi connectivity index (χ3n) is 4.83. The van der Waals surface area contributed by atoms with Crippen LogP contribution in [0.2, 0.25) is 15.7 Å². The van der Waals surface area contributed by atoms with E-state index in [4.69, 9.17) is 68.1 Å². The van der Waals surface area contributed by atoms with Gasteiger partial charge in [-0.25, -0.2) is 19.9 Å². The zero-order valence-electron chi connectivity index (χ0n) is 24.3. The lowest BCUT2D eigenvalue weighted by Gasteiger charge is -2.06. The Labute approximate surface area is 281 Å². The summed E-state index contributed by atoms with van der Waals surface area (Å²) >= 11 is 26.9. The molecule has 0 aliphatic carbocycles. The van der Waals surface area contributed by atoms with Crippen LogP contribution in [-0.2, 0) is 9.59 Å². The van der Waals surface area contributed by atoms with E-state index in [1.807, 2.05) is 38.1 Å². The molecule has 2 heterocycles. The molecule has 0 saturated carbocycles. The normalized spacial score (nSPS) is 9.75. The molecule has 10 nitrogen and oxygen atoms in total. The predicted molar refractivity (Wildman–Crippen MR) is 180 cm³/mol. The zero-order chi connectivity index (χ0) is 33.4. The third-order valence-corrected chi connectivity index (χ3v) is 5.58. The Hall–Kier alpha value is -3.03. The van der Waals surface area contributed by atoms with E-state index >= 15 is 0 Å². The van der Waals surface area contributed by atoms with Crippen LogP contribution in [0.25, 0.3) is 11.3 Å². The van der Waals surface area contributed by atoms with Gasteiger partial charge in [0, 0.05) is 48.7 Å². The van der Waals surface area contributed by atoms with Gasteiger partial charge in [0.25, 0.3) is 0 Å². The number of aromatic nitrogens is 4. The van der Waals surface area contributed by atoms with Gasteiger partial charge in [-0.3, -0.25) is 9.59 Å². The highest BCUT2D eigenvalue weighted by atomic mass is 35.5. The van der Waals surface area contributed by atoms with Crippen LogP contribution in [0.1, 0.15) is 31.9 Å². The number of carbonyl (C=O) groups excluding carboxylic acids is 2. The van der Waals surface area contributed by atoms with Crippen molar-refractivity contribution in [3.63, 3.8) is 0 Å². The number of halogens is 5. The molecule has 2 aromatic carbocycles. The predicted octanol–water partition coefficient (Wildman–Crippen LogP) is 6.29. The van der Waals surface area contributed by atoms with E-state index < -0.39 is 7.12 Å². The summed E-state index contributed by atoms with van der Waals surface area (Å²) in [7, 11) is -1.47. The number of amides is 2. The summed E-state index contributed by atoms with van der Waals surface area (Å²) in [5.74, 6) is -0.249. The van der Waals surface area contributed by atoms with E-state index in [0.717, 1.165) is 28.1 Å². The molecule has 0 saturated heterocycles. The van der Waals surface area contributed by atoms with Crippen LogP contribution in [-0.4, -0.2) is 53.8 Å². The van der Waals surface area contributed by atoms with Gasteiger partial charge in [-0.05, 0) is 79.3 Å². The van der Waals surface area contributed by atoms with E-state index in [1.54, 1.807) is 31.5 Å². The van der Waals surface area contributed by atoms with Gasteiger partial charge in [0.2, 0.25) is 22.4 Å². The highest BCUT2D eigenvalue weighted by Gasteiger charge is 2.09. The Kier molecular flexibility index (Phi) is 17.8. The molecule has 2 amide bonds. The summed E-state index contributed by atoms with van der Waals surface area (Å²) in [6.45, 7) is 8.33. The topological polar surface area (TPSA) is 150 Å². The summed E-state index contributed by atoms with van der Waals surface area (Å²) in [5.41, 5.74) is 5.30. The second kappa shape index (κ2) is 20.1. The standard InChI is InChI=1S/C13H12ClN3O.C8H10BNO3.C5H4Cl2N2.C2H4Cl2/c1-8-7-15-13(14)17-12(8)10-3-5-11(6-4-10)16-9(2)18;1-6(11)10-8-4-2-7(3-5-8)9(12)13;1-3-2-8-5(7)9-4(3)6;1-2(3)4/h3-7H,1-2H3,(H,16,18);2-5,12-13H,1H3,(H,10,11);2H,1H3;2H,1H3. The first-order valence-corrected chi connectivity index (χ1v) is 14.6. The van der Waals surface area contributed by atoms with Crippen molar-refractivity contribution < 1.29 is 19.6 Å². The maximum absolute atomic E-state index is 10.9. The van der Waals surface area contributed by atoms with Crippen molar-refractivity contribution in [2.24, 2.45) is 0 Å². The van der Waals surface area contributed by atoms with Crippen LogP contribution in [0.3, 0.4) is 0 Å². The number of aryl methyl sites for hydroxylation is 2. The van der Waals surface area contributed by atoms with Crippen molar-refractivity contribution in [2.45, 2.75) is 39.5 Å². The van der Waals surface area contributed by atoms with Gasteiger partial charge in [0.1, 0.15) is 9.99 Å². The number of nitrogens with zero attached hydrogens (tertiary/aromatic N) is 4. The van der Waals surface area contributed by atoms with Crippen molar-refractivity contribution in [3.8, 4) is 11.3 Å². The molecule has 0 spiro atoms. The molecule has 0 atom stereocenters. The number of rotatable bonds is 4. The van der Waals surface area contributed by atoms with E-state index in [2.05, 4.69) is 30.6 Å². The van der Waals surface area contributed by atoms with Crippen LogP contribution < -0.4 is 16.1 Å². The fourth-order valence-corrected chi connectivity index (χ4v) is 3.41. The maximum atomic E-state index is 10.9. The summed E-state index contributed by atoms with van der Waals surface area (Å²) in [4.78, 5) is 36.8. The average molecular weight is 703 g/mol. The first kappa shape index (κ1) is 39.0. The molecule has 234 valence electrons. The molecule has 0 radical (unpaired) electrons. The van der Waals surface area contributed by atoms with Gasteiger partial charge < -0.3 is 20.7 Å². The molecular weight excluding hydrogens is 672 g/mol. The van der Waals surface area contributed by atoms with Crippen LogP contribution in [0.5, 0.6) is 0 Å². The van der Waals surface area contributed by atoms with Gasteiger partial charge >= 0.3 is 7.12 Å². The molecule has 4 rings (SSSR count). The summed E-state index contributed by atoms with van der Waals surface area (Å²) in [5, 5.41) is 23.6. The number of carbonyl (C=O) groups is 2. The van der Waals surface area contributed by atoms with Crippen LogP contribution >= 0.6 is 58.0 Å². The number of benzene rings is 2. The van der Waals surface area contributed by atoms with Crippen LogP contribution in [0, 0.1) is 13.8 Å². The number of anilines is 2. The summed E-state index contributed by atoms with van der Waals surface area (Å²) < 4.78 is 0. The fourth-order valence-electron chi connectivity index (χ4n) is 2.97. The average Bonchev–Trinajstić information content (AvgIpc) is 2.93. The van der Waals surface area contributed by atoms with Gasteiger partial charge in [0.15, 0.2) is 0 Å². The molecule has 2 aromatic heterocycles. The van der Waals surface area contributed by atoms with E-state index in [1.165, 1.54) is 26.0 Å². The Morgan fingerprint density at radius 1 is 0.750 bits per heavy atom. The SMILES string of the molecule is CC(=O)Nc1ccc(-c2nc(Cl)ncc2C)cc1.CC(=O)Nc1ccc(B(O)O)cc1.CC(Cl)Cl.Cc1cnc(Cl)nc1Cl. The smallest absolute Gasteiger partial charge is 0.423 e. The van der Waals surface area contributed by atoms with Gasteiger partial charge in [0.05, 0.1) is 5.69 Å². The van der Waals surface area contributed by atoms with Gasteiger partial charge in [-0.2, -0.15) is 0 Å². The second-order valence-electron chi connectivity index (χ2n) is 8.74. The third kappa shape index (κ3) is 16.2. The molecule has 16 heteroatoms. The van der Waals surface area contributed by atoms with Gasteiger partial charge in [-0.1, -0.05) is 35.9 Å². The van der Waals surface area contributed by atoms with Crippen molar-refractivity contribution in [1.82, 2.24) is 19.9 Å². The fraction of sp³-hybridized carbons (Fsp3) is 0.214. The molecule has 0 aliphatic heterocycles. The summed E-state index contributed by atoms with van der Waals surface area (Å²) in [6, 6.07) is 13.7. The van der Waals surface area contributed by atoms with Crippen molar-refractivity contribution in [2.75, 3.05) is 10.6 Å². The molecule has 4 aromatic rings. The van der Waals surface area contributed by atoms with E-state index in [9.17, 15) is 9.59 Å². The van der Waals surface area contributed by atoms with Crippen molar-refractivity contribution in [3.05, 3.63) is 87.8 Å². The molecular formula is C28H30BCl5N6O4. The first-order valence-electron chi connectivity index (χ1n) is 12.6. The lowest BCUT2D eigenvalue weighted by Crippen LogP contribution is -2.29. The Morgan fingerprint density at radius 2 is 1.16 bits per heavy atom. The van der Waals surface area contributed by atoms with Gasteiger partial charge in [-0.15, -0.1) is 23.2 Å². The van der Waals surface area contributed by atoms with E-state index in [0.29, 0.717) is 16.3 Å². The highest BCUT2D eigenvalue weighted by Crippen LogP contribution is 2.23. The Morgan fingerprint density at radius 3 is 1.55 bits per heavy atom. The lowest BCUT2D eigenvalue weighted by molar-refractivity contribution is -0.115. The quantitative estimate of drug-likeness (QED) is 0.0839. The van der Waals surface area contributed by atoms with Crippen molar-refractivity contribution in [1.29, 1.82) is 0 Å². The maximum Gasteiger partial charge on any atom is 0.488 e. The van der Waals surface area contributed by atoms with E-state index in [-0.39, 0.29) is 27.2 Å². The second-order valence-corrected chi connectivity index (χ2v) is 11.3. The molecule has 44 heavy (non-hydrogen) atoms. The zero-order valence-corrected chi connectivity index (χ0v) is 28.1. The summed E-state index contributed by atoms with van der Waals surface area (Å²) in [6.07, 6.45) is 3.27. The first-order chi connectivity index (χ1) is 20.6. The molecule has 0 bridgehead atoms. The monoisotopic (exact) mass is 700 g/mol. The number of hydrogen-bond donors (Lipinski definition) is 4. The largest absolute Gasteiger partial charge is 0.488 e. The minimum Gasteiger partial charge on any atom is -0.423 e. The molecule has 0 unspecified atom stereocenters. The highest BCUT2D eigenvalue weighted by molar-refractivity contribution is 6.58. The lowest BCUT2D eigenvalue weighted by atomic mass is 9.80. The molecule has 0 aliphatic rings. The number of hydrogen-bond acceptors (Lipinski definition) is 8. The Balaban J connectivity index is 0.000000326. The van der Waals surface area contributed by atoms with Crippen LogP contribution in [0.4, 0.5) is 11.4 Å². The number of alkyl halides is 2. The molecule has 4 N–H and O–H groups in total. The molecule has 0 fully saturated rings. The minimum absolute atomic E-state index is 0.0935. The minimum atomic E-state index is -1.47.